The maximum atomic E-state index is 13.5. The molecule has 1 atom stereocenters. The highest BCUT2D eigenvalue weighted by Crippen LogP contribution is 2.32. The van der Waals surface area contributed by atoms with Crippen molar-refractivity contribution in [1.82, 2.24) is 10.6 Å². The quantitative estimate of drug-likeness (QED) is 0.819. The number of imide groups is 1. The van der Waals surface area contributed by atoms with Crippen LogP contribution in [0.4, 0.5) is 9.18 Å². The highest BCUT2D eigenvalue weighted by Gasteiger charge is 2.49. The average molecular weight is 270 g/mol. The molecule has 2 N–H and O–H groups in total. The largest absolute Gasteiger partial charge is 0.322 e. The molecule has 20 heavy (non-hydrogen) atoms. The van der Waals surface area contributed by atoms with E-state index in [1.807, 2.05) is 0 Å². The molecular formula is C15H11FN2O2. The van der Waals surface area contributed by atoms with Crippen LogP contribution in [0.1, 0.15) is 11.1 Å². The molecule has 0 radical (unpaired) electrons. The summed E-state index contributed by atoms with van der Waals surface area (Å²) in [4.78, 5) is 23.9. The number of benzene rings is 2. The van der Waals surface area contributed by atoms with Gasteiger partial charge in [-0.3, -0.25) is 10.1 Å². The van der Waals surface area contributed by atoms with Crippen molar-refractivity contribution < 1.29 is 14.0 Å². The second kappa shape index (κ2) is 4.45. The van der Waals surface area contributed by atoms with Crippen LogP contribution in [0.3, 0.4) is 0 Å². The minimum absolute atomic E-state index is 0.382. The second-order valence-corrected chi connectivity index (χ2v) is 4.53. The number of halogens is 1. The van der Waals surface area contributed by atoms with Crippen LogP contribution in [0.5, 0.6) is 0 Å². The first-order valence-electron chi connectivity index (χ1n) is 6.08. The van der Waals surface area contributed by atoms with Crippen LogP contribution in [0.25, 0.3) is 0 Å². The van der Waals surface area contributed by atoms with E-state index in [2.05, 4.69) is 10.6 Å². The molecule has 1 aliphatic rings. The molecule has 0 aliphatic carbocycles. The molecule has 0 bridgehead atoms. The van der Waals surface area contributed by atoms with Gasteiger partial charge in [-0.15, -0.1) is 0 Å². The molecular weight excluding hydrogens is 259 g/mol. The van der Waals surface area contributed by atoms with Gasteiger partial charge in [0.15, 0.2) is 5.54 Å². The first kappa shape index (κ1) is 12.3. The van der Waals surface area contributed by atoms with E-state index in [0.717, 1.165) is 0 Å². The lowest BCUT2D eigenvalue weighted by molar-refractivity contribution is -0.122. The van der Waals surface area contributed by atoms with E-state index >= 15 is 0 Å². The van der Waals surface area contributed by atoms with Gasteiger partial charge in [-0.25, -0.2) is 9.18 Å². The predicted molar refractivity (Wildman–Crippen MR) is 70.3 cm³/mol. The Bertz CT molecular complexity index is 687. The smallest absolute Gasteiger partial charge is 0.316 e. The van der Waals surface area contributed by atoms with Gasteiger partial charge in [0.1, 0.15) is 5.82 Å². The Labute approximate surface area is 114 Å². The zero-order chi connectivity index (χ0) is 14.2. The number of amides is 3. The number of rotatable bonds is 2. The number of hydrogen-bond donors (Lipinski definition) is 2. The van der Waals surface area contributed by atoms with E-state index < -0.39 is 23.3 Å². The summed E-state index contributed by atoms with van der Waals surface area (Å²) in [6.07, 6.45) is 0. The summed E-state index contributed by atoms with van der Waals surface area (Å²) < 4.78 is 13.5. The van der Waals surface area contributed by atoms with Crippen LogP contribution in [0.2, 0.25) is 0 Å². The van der Waals surface area contributed by atoms with Crippen LogP contribution in [-0.4, -0.2) is 11.9 Å². The Morgan fingerprint density at radius 3 is 2.20 bits per heavy atom. The zero-order valence-corrected chi connectivity index (χ0v) is 10.4. The fraction of sp³-hybridized carbons (Fsp3) is 0.0667. The van der Waals surface area contributed by atoms with Crippen molar-refractivity contribution in [2.24, 2.45) is 0 Å². The van der Waals surface area contributed by atoms with Crippen LogP contribution < -0.4 is 10.6 Å². The van der Waals surface area contributed by atoms with Crippen LogP contribution >= 0.6 is 0 Å². The summed E-state index contributed by atoms with van der Waals surface area (Å²) in [5.74, 6) is -0.981. The number of urea groups is 1. The molecule has 1 aliphatic heterocycles. The van der Waals surface area contributed by atoms with Gasteiger partial charge in [-0.1, -0.05) is 42.5 Å². The molecule has 1 saturated heterocycles. The monoisotopic (exact) mass is 270 g/mol. The highest BCUT2D eigenvalue weighted by molar-refractivity contribution is 6.09. The third-order valence-electron chi connectivity index (χ3n) is 3.33. The van der Waals surface area contributed by atoms with Gasteiger partial charge in [0.2, 0.25) is 0 Å². The van der Waals surface area contributed by atoms with Gasteiger partial charge >= 0.3 is 6.03 Å². The molecule has 1 fully saturated rings. The summed E-state index contributed by atoms with van der Waals surface area (Å²) in [6, 6.07) is 13.8. The topological polar surface area (TPSA) is 58.2 Å². The number of carbonyl (C=O) groups excluding carboxylic acids is 2. The molecule has 3 amide bonds. The lowest BCUT2D eigenvalue weighted by atomic mass is 9.83. The fourth-order valence-electron chi connectivity index (χ4n) is 2.44. The fourth-order valence-corrected chi connectivity index (χ4v) is 2.44. The molecule has 5 heteroatoms. The summed E-state index contributed by atoms with van der Waals surface area (Å²) in [7, 11) is 0. The van der Waals surface area contributed by atoms with E-state index in [-0.39, 0.29) is 0 Å². The highest BCUT2D eigenvalue weighted by atomic mass is 19.1. The Kier molecular flexibility index (Phi) is 2.75. The first-order chi connectivity index (χ1) is 9.63. The first-order valence-corrected chi connectivity index (χ1v) is 6.08. The van der Waals surface area contributed by atoms with Gasteiger partial charge in [0.05, 0.1) is 0 Å². The van der Waals surface area contributed by atoms with Gasteiger partial charge in [0, 0.05) is 0 Å². The zero-order valence-electron chi connectivity index (χ0n) is 10.4. The molecule has 0 saturated carbocycles. The van der Waals surface area contributed by atoms with Crippen molar-refractivity contribution in [3.63, 3.8) is 0 Å². The van der Waals surface area contributed by atoms with Gasteiger partial charge in [-0.05, 0) is 23.3 Å². The predicted octanol–water partition coefficient (Wildman–Crippen LogP) is 1.91. The Morgan fingerprint density at radius 1 is 0.900 bits per heavy atom. The SMILES string of the molecule is O=C1NC(=O)C(c2ccccc2)(c2cccc(F)c2)N1. The van der Waals surface area contributed by atoms with E-state index in [0.29, 0.717) is 11.1 Å². The standard InChI is InChI=1S/C15H11FN2O2/c16-12-8-4-7-11(9-12)15(10-5-2-1-3-6-10)13(19)17-14(20)18-15/h1-9H,(H2,17,18,19,20). The molecule has 0 aromatic heterocycles. The molecule has 0 spiro atoms. The van der Waals surface area contributed by atoms with Crippen molar-refractivity contribution in [2.45, 2.75) is 5.54 Å². The molecule has 100 valence electrons. The third-order valence-corrected chi connectivity index (χ3v) is 3.33. The molecule has 3 rings (SSSR count). The Hall–Kier alpha value is -2.69. The molecule has 1 heterocycles. The van der Waals surface area contributed by atoms with Gasteiger partial charge in [-0.2, -0.15) is 0 Å². The minimum atomic E-state index is -1.39. The number of nitrogens with one attached hydrogen (secondary N) is 2. The minimum Gasteiger partial charge on any atom is -0.316 e. The van der Waals surface area contributed by atoms with Crippen molar-refractivity contribution >= 4 is 11.9 Å². The second-order valence-electron chi connectivity index (χ2n) is 4.53. The molecule has 4 nitrogen and oxygen atoms in total. The van der Waals surface area contributed by atoms with Gasteiger partial charge < -0.3 is 5.32 Å². The summed E-state index contributed by atoms with van der Waals surface area (Å²) in [5.41, 5.74) is -0.429. The van der Waals surface area contributed by atoms with Crippen molar-refractivity contribution in [3.05, 3.63) is 71.5 Å². The van der Waals surface area contributed by atoms with E-state index in [1.54, 1.807) is 36.4 Å². The van der Waals surface area contributed by atoms with Crippen molar-refractivity contribution in [3.8, 4) is 0 Å². The van der Waals surface area contributed by atoms with Crippen LogP contribution in [0, 0.1) is 5.82 Å². The van der Waals surface area contributed by atoms with E-state index in [4.69, 9.17) is 0 Å². The van der Waals surface area contributed by atoms with Gasteiger partial charge in [0.25, 0.3) is 5.91 Å². The maximum absolute atomic E-state index is 13.5. The number of hydrogen-bond acceptors (Lipinski definition) is 2. The molecule has 2 aromatic rings. The summed E-state index contributed by atoms with van der Waals surface area (Å²) >= 11 is 0. The summed E-state index contributed by atoms with van der Waals surface area (Å²) in [6.45, 7) is 0. The van der Waals surface area contributed by atoms with Crippen LogP contribution in [0.15, 0.2) is 54.6 Å². The summed E-state index contributed by atoms with van der Waals surface area (Å²) in [5, 5.41) is 4.82. The van der Waals surface area contributed by atoms with Crippen molar-refractivity contribution in [2.75, 3.05) is 0 Å². The van der Waals surface area contributed by atoms with E-state index in [9.17, 15) is 14.0 Å². The lowest BCUT2D eigenvalue weighted by Crippen LogP contribution is -2.44. The Balaban J connectivity index is 2.24. The van der Waals surface area contributed by atoms with Crippen molar-refractivity contribution in [1.29, 1.82) is 0 Å². The normalized spacial score (nSPS) is 21.4. The Morgan fingerprint density at radius 2 is 1.60 bits per heavy atom. The maximum Gasteiger partial charge on any atom is 0.322 e. The molecule has 2 aromatic carbocycles. The van der Waals surface area contributed by atoms with E-state index in [1.165, 1.54) is 18.2 Å². The number of carbonyl (C=O) groups is 2. The van der Waals surface area contributed by atoms with Crippen LogP contribution in [-0.2, 0) is 10.3 Å². The lowest BCUT2D eigenvalue weighted by Gasteiger charge is -2.27. The molecule has 1 unspecified atom stereocenters. The average Bonchev–Trinajstić information content (AvgIpc) is 2.75. The third kappa shape index (κ3) is 1.75.